The number of hydrogen-bond acceptors (Lipinski definition) is 3. The third-order valence-corrected chi connectivity index (χ3v) is 5.46. The summed E-state index contributed by atoms with van der Waals surface area (Å²) in [5.74, 6) is 0.168. The molecule has 0 radical (unpaired) electrons. The summed E-state index contributed by atoms with van der Waals surface area (Å²) in [5, 5.41) is 7.50. The Hall–Kier alpha value is -2.40. The molecule has 0 bridgehead atoms. The average molecular weight is 555 g/mol. The number of aromatic nitrogens is 1. The van der Waals surface area contributed by atoms with Gasteiger partial charge in [0, 0.05) is 50.3 Å². The van der Waals surface area contributed by atoms with Crippen molar-refractivity contribution in [3.05, 3.63) is 65.4 Å². The second-order valence-electron chi connectivity index (χ2n) is 7.49. The minimum absolute atomic E-state index is 0. The Morgan fingerprint density at radius 2 is 1.94 bits per heavy atom. The van der Waals surface area contributed by atoms with Crippen molar-refractivity contribution in [2.75, 3.05) is 44.8 Å². The molecule has 1 aliphatic rings. The van der Waals surface area contributed by atoms with Crippen LogP contribution >= 0.6 is 24.0 Å². The van der Waals surface area contributed by atoms with Gasteiger partial charge in [0.2, 0.25) is 0 Å². The maximum atomic E-state index is 14.6. The van der Waals surface area contributed by atoms with Crippen molar-refractivity contribution in [1.82, 2.24) is 15.6 Å². The fraction of sp³-hybridized carbons (Fsp3) is 0.348. The molecule has 1 aromatic heterocycles. The Morgan fingerprint density at radius 3 is 2.69 bits per heavy atom. The number of nitrogens with zero attached hydrogens (tertiary/aromatic N) is 2. The van der Waals surface area contributed by atoms with Gasteiger partial charge in [-0.2, -0.15) is 0 Å². The fourth-order valence-electron chi connectivity index (χ4n) is 3.81. The van der Waals surface area contributed by atoms with Crippen LogP contribution in [-0.4, -0.2) is 50.8 Å². The number of H-pyrrole nitrogens is 1. The van der Waals surface area contributed by atoms with Crippen LogP contribution in [0.2, 0.25) is 0 Å². The number of benzene rings is 2. The van der Waals surface area contributed by atoms with E-state index in [1.165, 1.54) is 12.1 Å². The number of rotatable bonds is 6. The van der Waals surface area contributed by atoms with Crippen LogP contribution in [0.15, 0.2) is 47.6 Å². The third kappa shape index (κ3) is 5.89. The van der Waals surface area contributed by atoms with Gasteiger partial charge in [-0.15, -0.1) is 24.0 Å². The van der Waals surface area contributed by atoms with Gasteiger partial charge in [0.1, 0.15) is 11.6 Å². The Morgan fingerprint density at radius 1 is 1.12 bits per heavy atom. The van der Waals surface area contributed by atoms with Gasteiger partial charge in [0.25, 0.3) is 0 Å². The monoisotopic (exact) mass is 555 g/mol. The number of hydrogen-bond donors (Lipinski definition) is 3. The predicted molar refractivity (Wildman–Crippen MR) is 135 cm³/mol. The molecule has 2 heterocycles. The second-order valence-corrected chi connectivity index (χ2v) is 7.49. The molecule has 6 nitrogen and oxygen atoms in total. The Kier molecular flexibility index (Phi) is 8.68. The molecule has 0 spiro atoms. The zero-order valence-electron chi connectivity index (χ0n) is 18.0. The molecule has 0 saturated carbocycles. The molecule has 9 heteroatoms. The minimum Gasteiger partial charge on any atom is -0.378 e. The van der Waals surface area contributed by atoms with E-state index in [1.807, 2.05) is 23.2 Å². The van der Waals surface area contributed by atoms with E-state index in [1.54, 1.807) is 19.2 Å². The molecule has 172 valence electrons. The summed E-state index contributed by atoms with van der Waals surface area (Å²) in [6.07, 6.45) is 2.66. The molecule has 0 amide bonds. The van der Waals surface area contributed by atoms with Gasteiger partial charge in [-0.05, 0) is 47.9 Å². The van der Waals surface area contributed by atoms with Gasteiger partial charge in [0.15, 0.2) is 5.96 Å². The van der Waals surface area contributed by atoms with Crippen LogP contribution in [-0.2, 0) is 17.7 Å². The first-order chi connectivity index (χ1) is 15.1. The highest BCUT2D eigenvalue weighted by Crippen LogP contribution is 2.22. The third-order valence-electron chi connectivity index (χ3n) is 5.46. The molecule has 3 aromatic rings. The van der Waals surface area contributed by atoms with Gasteiger partial charge in [0.05, 0.1) is 18.9 Å². The maximum Gasteiger partial charge on any atom is 0.191 e. The molecule has 1 aliphatic heterocycles. The van der Waals surface area contributed by atoms with E-state index in [4.69, 9.17) is 4.74 Å². The normalized spacial score (nSPS) is 14.3. The fourth-order valence-corrected chi connectivity index (χ4v) is 3.81. The number of nitrogens with one attached hydrogen (secondary N) is 3. The zero-order valence-corrected chi connectivity index (χ0v) is 20.3. The lowest BCUT2D eigenvalue weighted by molar-refractivity contribution is 0.122. The van der Waals surface area contributed by atoms with Crippen LogP contribution in [0.25, 0.3) is 10.9 Å². The van der Waals surface area contributed by atoms with E-state index in [0.29, 0.717) is 51.0 Å². The van der Waals surface area contributed by atoms with Crippen molar-refractivity contribution in [3.8, 4) is 0 Å². The molecular weight excluding hydrogens is 527 g/mol. The van der Waals surface area contributed by atoms with Crippen LogP contribution in [0.1, 0.15) is 11.1 Å². The van der Waals surface area contributed by atoms with E-state index in [0.717, 1.165) is 28.5 Å². The number of fused-ring (bicyclic) bond motifs is 1. The zero-order chi connectivity index (χ0) is 21.6. The van der Waals surface area contributed by atoms with Crippen molar-refractivity contribution >= 4 is 46.5 Å². The molecule has 1 fully saturated rings. The van der Waals surface area contributed by atoms with Crippen LogP contribution < -0.4 is 15.5 Å². The summed E-state index contributed by atoms with van der Waals surface area (Å²) < 4.78 is 33.2. The van der Waals surface area contributed by atoms with Crippen molar-refractivity contribution in [1.29, 1.82) is 0 Å². The highest BCUT2D eigenvalue weighted by atomic mass is 127. The first-order valence-electron chi connectivity index (χ1n) is 10.4. The molecule has 3 N–H and O–H groups in total. The Bertz CT molecular complexity index is 1070. The summed E-state index contributed by atoms with van der Waals surface area (Å²) in [4.78, 5) is 9.34. The van der Waals surface area contributed by atoms with Crippen LogP contribution in [0.5, 0.6) is 0 Å². The van der Waals surface area contributed by atoms with Gasteiger partial charge in [-0.1, -0.05) is 6.07 Å². The SMILES string of the molecule is CN=C(NCCc1c[nH]c2cc(F)ccc12)NCc1ccc(N2CCOCC2)c(F)c1.I. The van der Waals surface area contributed by atoms with Crippen molar-refractivity contribution in [2.24, 2.45) is 4.99 Å². The number of guanidine groups is 1. The molecular formula is C23H28F2IN5O. The van der Waals surface area contributed by atoms with Crippen molar-refractivity contribution in [3.63, 3.8) is 0 Å². The molecule has 0 unspecified atom stereocenters. The number of aliphatic imine (C=N–C) groups is 1. The van der Waals surface area contributed by atoms with E-state index in [-0.39, 0.29) is 35.6 Å². The van der Waals surface area contributed by atoms with Gasteiger partial charge >= 0.3 is 0 Å². The topological polar surface area (TPSA) is 64.7 Å². The van der Waals surface area contributed by atoms with E-state index >= 15 is 0 Å². The highest BCUT2D eigenvalue weighted by molar-refractivity contribution is 14.0. The first kappa shape index (κ1) is 24.2. The summed E-state index contributed by atoms with van der Waals surface area (Å²) in [5.41, 5.74) is 3.36. The molecule has 4 rings (SSSR count). The summed E-state index contributed by atoms with van der Waals surface area (Å²) in [6, 6.07) is 10.1. The standard InChI is InChI=1S/C23H27F2N5O.HI/c1-26-23(27-7-6-17-15-28-21-13-18(24)3-4-19(17)21)29-14-16-2-5-22(20(25)12-16)30-8-10-31-11-9-30;/h2-5,12-13,15,28H,6-11,14H2,1H3,(H2,26,27,29);1H. The lowest BCUT2D eigenvalue weighted by Gasteiger charge is -2.29. The summed E-state index contributed by atoms with van der Waals surface area (Å²) in [7, 11) is 1.70. The van der Waals surface area contributed by atoms with Crippen LogP contribution in [0, 0.1) is 11.6 Å². The smallest absolute Gasteiger partial charge is 0.191 e. The van der Waals surface area contributed by atoms with Gasteiger partial charge in [-0.25, -0.2) is 8.78 Å². The molecule has 32 heavy (non-hydrogen) atoms. The first-order valence-corrected chi connectivity index (χ1v) is 10.4. The maximum absolute atomic E-state index is 14.6. The Balaban J connectivity index is 0.00000289. The number of anilines is 1. The number of halogens is 3. The van der Waals surface area contributed by atoms with E-state index in [9.17, 15) is 8.78 Å². The van der Waals surface area contributed by atoms with Crippen molar-refractivity contribution < 1.29 is 13.5 Å². The van der Waals surface area contributed by atoms with Crippen LogP contribution in [0.4, 0.5) is 14.5 Å². The van der Waals surface area contributed by atoms with E-state index < -0.39 is 0 Å². The second kappa shape index (κ2) is 11.5. The average Bonchev–Trinajstić information content (AvgIpc) is 3.18. The quantitative estimate of drug-likeness (QED) is 0.246. The largest absolute Gasteiger partial charge is 0.378 e. The van der Waals surface area contributed by atoms with Crippen LogP contribution in [0.3, 0.4) is 0 Å². The van der Waals surface area contributed by atoms with Gasteiger partial charge in [-0.3, -0.25) is 4.99 Å². The van der Waals surface area contributed by atoms with E-state index in [2.05, 4.69) is 20.6 Å². The number of morpholine rings is 1. The predicted octanol–water partition coefficient (Wildman–Crippen LogP) is 3.81. The molecule has 2 aromatic carbocycles. The number of aromatic amines is 1. The molecule has 1 saturated heterocycles. The number of ether oxygens (including phenoxy) is 1. The summed E-state index contributed by atoms with van der Waals surface area (Å²) >= 11 is 0. The lowest BCUT2D eigenvalue weighted by Crippen LogP contribution is -2.38. The summed E-state index contributed by atoms with van der Waals surface area (Å²) in [6.45, 7) is 3.79. The minimum atomic E-state index is -0.252. The lowest BCUT2D eigenvalue weighted by atomic mass is 10.1. The molecule has 0 aliphatic carbocycles. The van der Waals surface area contributed by atoms with Gasteiger partial charge < -0.3 is 25.3 Å². The van der Waals surface area contributed by atoms with Crippen molar-refractivity contribution in [2.45, 2.75) is 13.0 Å². The highest BCUT2D eigenvalue weighted by Gasteiger charge is 2.15. The molecule has 0 atom stereocenters. The Labute approximate surface area is 203 Å².